The van der Waals surface area contributed by atoms with Gasteiger partial charge in [-0.15, -0.1) is 0 Å². The van der Waals surface area contributed by atoms with E-state index in [-0.39, 0.29) is 18.2 Å². The van der Waals surface area contributed by atoms with Crippen molar-refractivity contribution in [1.29, 1.82) is 0 Å². The standard InChI is InChI=1S/C26H27ClN2O4/c1-3-32-23-17-22(29-26(31)19-11-6-5-7-12-19)24(33-4-2)16-21(23)28-25(30)15-14-18-10-8-9-13-20(18)27/h5-13,16-17H,3-4,14-15H2,1-2H3,(H,28,30)(H,29,31). The number of aryl methyl sites for hydroxylation is 1. The first-order chi connectivity index (χ1) is 16.0. The van der Waals surface area contributed by atoms with Crippen molar-refractivity contribution in [2.24, 2.45) is 0 Å². The molecule has 0 aromatic heterocycles. The predicted molar refractivity (Wildman–Crippen MR) is 132 cm³/mol. The number of anilines is 2. The summed E-state index contributed by atoms with van der Waals surface area (Å²) in [7, 11) is 0. The SMILES string of the molecule is CCOc1cc(NC(=O)c2ccccc2)c(OCC)cc1NC(=O)CCc1ccccc1Cl. The van der Waals surface area contributed by atoms with Gasteiger partial charge in [-0.05, 0) is 44.0 Å². The van der Waals surface area contributed by atoms with E-state index in [0.717, 1.165) is 5.56 Å². The number of carbonyl (C=O) groups excluding carboxylic acids is 2. The van der Waals surface area contributed by atoms with Crippen LogP contribution in [0.2, 0.25) is 5.02 Å². The van der Waals surface area contributed by atoms with Crippen molar-refractivity contribution in [3.8, 4) is 11.5 Å². The molecule has 0 fully saturated rings. The summed E-state index contributed by atoms with van der Waals surface area (Å²) in [4.78, 5) is 25.3. The van der Waals surface area contributed by atoms with Crippen LogP contribution in [-0.2, 0) is 11.2 Å². The van der Waals surface area contributed by atoms with Gasteiger partial charge in [0, 0.05) is 29.1 Å². The number of halogens is 1. The molecule has 0 saturated heterocycles. The van der Waals surface area contributed by atoms with Crippen LogP contribution in [0.4, 0.5) is 11.4 Å². The fraction of sp³-hybridized carbons (Fsp3) is 0.231. The number of amides is 2. The van der Waals surface area contributed by atoms with Gasteiger partial charge in [0.2, 0.25) is 5.91 Å². The van der Waals surface area contributed by atoms with Gasteiger partial charge >= 0.3 is 0 Å². The number of rotatable bonds is 10. The van der Waals surface area contributed by atoms with Crippen LogP contribution in [0.3, 0.4) is 0 Å². The van der Waals surface area contributed by atoms with E-state index < -0.39 is 0 Å². The summed E-state index contributed by atoms with van der Waals surface area (Å²) in [6.45, 7) is 4.48. The van der Waals surface area contributed by atoms with Crippen molar-refractivity contribution in [1.82, 2.24) is 0 Å². The lowest BCUT2D eigenvalue weighted by molar-refractivity contribution is -0.116. The Labute approximate surface area is 198 Å². The number of nitrogens with one attached hydrogen (secondary N) is 2. The Balaban J connectivity index is 1.80. The quantitative estimate of drug-likeness (QED) is 0.386. The zero-order chi connectivity index (χ0) is 23.6. The molecule has 3 rings (SSSR count). The monoisotopic (exact) mass is 466 g/mol. The lowest BCUT2D eigenvalue weighted by Crippen LogP contribution is -2.16. The lowest BCUT2D eigenvalue weighted by atomic mass is 10.1. The maximum Gasteiger partial charge on any atom is 0.255 e. The molecule has 0 aliphatic carbocycles. The molecule has 6 nitrogen and oxygen atoms in total. The molecule has 0 unspecified atom stereocenters. The van der Waals surface area contributed by atoms with Crippen LogP contribution in [0.25, 0.3) is 0 Å². The highest BCUT2D eigenvalue weighted by atomic mass is 35.5. The minimum Gasteiger partial charge on any atom is -0.492 e. The van der Waals surface area contributed by atoms with Crippen molar-refractivity contribution >= 4 is 34.8 Å². The van der Waals surface area contributed by atoms with Crippen molar-refractivity contribution in [3.05, 3.63) is 82.9 Å². The second-order valence-corrected chi connectivity index (χ2v) is 7.58. The van der Waals surface area contributed by atoms with Crippen molar-refractivity contribution in [2.45, 2.75) is 26.7 Å². The fourth-order valence-electron chi connectivity index (χ4n) is 3.25. The minimum atomic E-state index is -0.268. The Hall–Kier alpha value is -3.51. The third-order valence-corrected chi connectivity index (χ3v) is 5.19. The largest absolute Gasteiger partial charge is 0.492 e. The van der Waals surface area contributed by atoms with Crippen LogP contribution in [0.1, 0.15) is 36.2 Å². The Kier molecular flexibility index (Phi) is 8.72. The first kappa shape index (κ1) is 24.1. The van der Waals surface area contributed by atoms with E-state index >= 15 is 0 Å². The number of hydrogen-bond acceptors (Lipinski definition) is 4. The molecule has 0 heterocycles. The third-order valence-electron chi connectivity index (χ3n) is 4.82. The number of ether oxygens (including phenoxy) is 2. The van der Waals surface area contributed by atoms with Gasteiger partial charge in [-0.1, -0.05) is 48.0 Å². The molecule has 33 heavy (non-hydrogen) atoms. The number of hydrogen-bond donors (Lipinski definition) is 2. The summed E-state index contributed by atoms with van der Waals surface area (Å²) < 4.78 is 11.5. The summed E-state index contributed by atoms with van der Waals surface area (Å²) in [5, 5.41) is 6.41. The lowest BCUT2D eigenvalue weighted by Gasteiger charge is -2.18. The van der Waals surface area contributed by atoms with Crippen molar-refractivity contribution in [2.75, 3.05) is 23.8 Å². The van der Waals surface area contributed by atoms with Crippen molar-refractivity contribution < 1.29 is 19.1 Å². The molecule has 7 heteroatoms. The van der Waals surface area contributed by atoms with Crippen molar-refractivity contribution in [3.63, 3.8) is 0 Å². The summed E-state index contributed by atoms with van der Waals surface area (Å²) in [6.07, 6.45) is 0.769. The average molecular weight is 467 g/mol. The molecule has 0 radical (unpaired) electrons. The molecule has 3 aromatic carbocycles. The summed E-state index contributed by atoms with van der Waals surface area (Å²) in [6, 6.07) is 19.7. The van der Waals surface area contributed by atoms with E-state index in [0.29, 0.717) is 53.1 Å². The van der Waals surface area contributed by atoms with Gasteiger partial charge in [0.05, 0.1) is 24.6 Å². The number of benzene rings is 3. The maximum absolute atomic E-state index is 12.7. The highest BCUT2D eigenvalue weighted by Crippen LogP contribution is 2.37. The highest BCUT2D eigenvalue weighted by Gasteiger charge is 2.17. The van der Waals surface area contributed by atoms with E-state index in [1.807, 2.05) is 38.1 Å². The first-order valence-corrected chi connectivity index (χ1v) is 11.2. The van der Waals surface area contributed by atoms with E-state index in [9.17, 15) is 9.59 Å². The molecule has 0 spiro atoms. The molecular formula is C26H27ClN2O4. The highest BCUT2D eigenvalue weighted by molar-refractivity contribution is 6.31. The summed E-state index contributed by atoms with van der Waals surface area (Å²) in [5.41, 5.74) is 2.37. The third kappa shape index (κ3) is 6.73. The Morgan fingerprint density at radius 1 is 0.818 bits per heavy atom. The van der Waals surface area contributed by atoms with Gasteiger partial charge in [-0.3, -0.25) is 9.59 Å². The second kappa shape index (κ2) is 11.9. The molecule has 3 aromatic rings. The van der Waals surface area contributed by atoms with Crippen LogP contribution in [0, 0.1) is 0 Å². The van der Waals surface area contributed by atoms with Crippen LogP contribution in [0.5, 0.6) is 11.5 Å². The normalized spacial score (nSPS) is 10.4. The Bertz CT molecular complexity index is 1100. The average Bonchev–Trinajstić information content (AvgIpc) is 2.82. The molecule has 172 valence electrons. The first-order valence-electron chi connectivity index (χ1n) is 10.8. The van der Waals surface area contributed by atoms with Crippen LogP contribution in [0.15, 0.2) is 66.7 Å². The van der Waals surface area contributed by atoms with Crippen LogP contribution < -0.4 is 20.1 Å². The molecule has 0 aliphatic rings. The van der Waals surface area contributed by atoms with Gasteiger partial charge in [-0.2, -0.15) is 0 Å². The van der Waals surface area contributed by atoms with Crippen LogP contribution in [-0.4, -0.2) is 25.0 Å². The minimum absolute atomic E-state index is 0.181. The summed E-state index contributed by atoms with van der Waals surface area (Å²) >= 11 is 6.19. The Morgan fingerprint density at radius 2 is 1.39 bits per heavy atom. The predicted octanol–water partition coefficient (Wildman–Crippen LogP) is 5.96. The smallest absolute Gasteiger partial charge is 0.255 e. The molecule has 2 amide bonds. The summed E-state index contributed by atoms with van der Waals surface area (Å²) in [5.74, 6) is 0.428. The van der Waals surface area contributed by atoms with Gasteiger partial charge in [0.1, 0.15) is 11.5 Å². The van der Waals surface area contributed by atoms with E-state index in [2.05, 4.69) is 10.6 Å². The molecule has 0 bridgehead atoms. The topological polar surface area (TPSA) is 76.7 Å². The van der Waals surface area contributed by atoms with Crippen LogP contribution >= 0.6 is 11.6 Å². The zero-order valence-electron chi connectivity index (χ0n) is 18.7. The zero-order valence-corrected chi connectivity index (χ0v) is 19.4. The van der Waals surface area contributed by atoms with E-state index in [1.54, 1.807) is 42.5 Å². The van der Waals surface area contributed by atoms with Gasteiger partial charge < -0.3 is 20.1 Å². The molecule has 0 saturated carbocycles. The second-order valence-electron chi connectivity index (χ2n) is 7.17. The van der Waals surface area contributed by atoms with E-state index in [4.69, 9.17) is 21.1 Å². The fourth-order valence-corrected chi connectivity index (χ4v) is 3.48. The molecule has 0 aliphatic heterocycles. The number of carbonyl (C=O) groups is 2. The van der Waals surface area contributed by atoms with Gasteiger partial charge in [0.25, 0.3) is 5.91 Å². The maximum atomic E-state index is 12.7. The molecular weight excluding hydrogens is 440 g/mol. The van der Waals surface area contributed by atoms with Gasteiger partial charge in [-0.25, -0.2) is 0 Å². The molecule has 2 N–H and O–H groups in total. The van der Waals surface area contributed by atoms with E-state index in [1.165, 1.54) is 0 Å². The Morgan fingerprint density at radius 3 is 2.00 bits per heavy atom. The van der Waals surface area contributed by atoms with Gasteiger partial charge in [0.15, 0.2) is 0 Å². The molecule has 0 atom stereocenters.